The first-order valence-corrected chi connectivity index (χ1v) is 5.17. The number of rotatable bonds is 2. The average molecular weight is 191 g/mol. The van der Waals surface area contributed by atoms with E-state index in [1.165, 1.54) is 12.8 Å². The van der Waals surface area contributed by atoms with E-state index in [4.69, 9.17) is 5.73 Å². The molecule has 76 valence electrons. The monoisotopic (exact) mass is 191 g/mol. The standard InChI is InChI=1S/C11H17N3/c12-9-2-1-3-11(8-9)14-10-4-6-13-7-5-10/h1-3,8,10,13-14H,4-7,12H2. The van der Waals surface area contributed by atoms with Gasteiger partial charge in [0.25, 0.3) is 0 Å². The number of hydrogen-bond donors (Lipinski definition) is 3. The van der Waals surface area contributed by atoms with Crippen LogP contribution in [0.15, 0.2) is 24.3 Å². The van der Waals surface area contributed by atoms with E-state index < -0.39 is 0 Å². The van der Waals surface area contributed by atoms with E-state index in [-0.39, 0.29) is 0 Å². The predicted octanol–water partition coefficient (Wildman–Crippen LogP) is 1.43. The third-order valence-electron chi connectivity index (χ3n) is 2.60. The third kappa shape index (κ3) is 2.39. The third-order valence-corrected chi connectivity index (χ3v) is 2.60. The summed E-state index contributed by atoms with van der Waals surface area (Å²) < 4.78 is 0. The lowest BCUT2D eigenvalue weighted by Gasteiger charge is -2.24. The Morgan fingerprint density at radius 1 is 1.29 bits per heavy atom. The van der Waals surface area contributed by atoms with Crippen LogP contribution in [-0.4, -0.2) is 19.1 Å². The molecule has 1 heterocycles. The molecular formula is C11H17N3. The van der Waals surface area contributed by atoms with Gasteiger partial charge in [0.05, 0.1) is 0 Å². The van der Waals surface area contributed by atoms with Gasteiger partial charge in [-0.2, -0.15) is 0 Å². The number of nitrogens with one attached hydrogen (secondary N) is 2. The Morgan fingerprint density at radius 2 is 2.07 bits per heavy atom. The first-order valence-electron chi connectivity index (χ1n) is 5.17. The highest BCUT2D eigenvalue weighted by Crippen LogP contribution is 2.15. The summed E-state index contributed by atoms with van der Waals surface area (Å²) in [5.74, 6) is 0. The number of hydrogen-bond acceptors (Lipinski definition) is 3. The minimum atomic E-state index is 0.595. The Bertz CT molecular complexity index is 292. The number of nitrogens with two attached hydrogens (primary N) is 1. The number of anilines is 2. The van der Waals surface area contributed by atoms with Crippen LogP contribution in [0.25, 0.3) is 0 Å². The highest BCUT2D eigenvalue weighted by Gasteiger charge is 2.11. The molecule has 1 aliphatic rings. The molecule has 4 N–H and O–H groups in total. The molecule has 0 radical (unpaired) electrons. The Balaban J connectivity index is 1.95. The SMILES string of the molecule is Nc1cccc(NC2CCNCC2)c1. The van der Waals surface area contributed by atoms with Gasteiger partial charge in [-0.05, 0) is 44.1 Å². The van der Waals surface area contributed by atoms with Gasteiger partial charge >= 0.3 is 0 Å². The van der Waals surface area contributed by atoms with Gasteiger partial charge in [0.2, 0.25) is 0 Å². The van der Waals surface area contributed by atoms with Crippen LogP contribution in [0, 0.1) is 0 Å². The molecule has 14 heavy (non-hydrogen) atoms. The van der Waals surface area contributed by atoms with Gasteiger partial charge in [-0.25, -0.2) is 0 Å². The Hall–Kier alpha value is -1.22. The molecule has 1 aliphatic heterocycles. The van der Waals surface area contributed by atoms with Crippen LogP contribution in [0.1, 0.15) is 12.8 Å². The number of nitrogen functional groups attached to an aromatic ring is 1. The van der Waals surface area contributed by atoms with Crippen molar-refractivity contribution in [2.75, 3.05) is 24.1 Å². The minimum absolute atomic E-state index is 0.595. The van der Waals surface area contributed by atoms with E-state index in [9.17, 15) is 0 Å². The second-order valence-corrected chi connectivity index (χ2v) is 3.79. The van der Waals surface area contributed by atoms with Gasteiger partial charge in [0.15, 0.2) is 0 Å². The summed E-state index contributed by atoms with van der Waals surface area (Å²) in [5.41, 5.74) is 7.67. The van der Waals surface area contributed by atoms with Crippen LogP contribution in [0.2, 0.25) is 0 Å². The predicted molar refractivity (Wildman–Crippen MR) is 60.4 cm³/mol. The molecule has 3 nitrogen and oxygen atoms in total. The molecule has 0 atom stereocenters. The Morgan fingerprint density at radius 3 is 2.79 bits per heavy atom. The summed E-state index contributed by atoms with van der Waals surface area (Å²) >= 11 is 0. The smallest absolute Gasteiger partial charge is 0.0362 e. The normalized spacial score (nSPS) is 18.0. The maximum absolute atomic E-state index is 5.71. The number of benzene rings is 1. The maximum Gasteiger partial charge on any atom is 0.0362 e. The fourth-order valence-electron chi connectivity index (χ4n) is 1.83. The van der Waals surface area contributed by atoms with E-state index in [1.807, 2.05) is 18.2 Å². The summed E-state index contributed by atoms with van der Waals surface area (Å²) in [6, 6.07) is 8.55. The van der Waals surface area contributed by atoms with E-state index in [0.29, 0.717) is 6.04 Å². The van der Waals surface area contributed by atoms with Crippen molar-refractivity contribution >= 4 is 11.4 Å². The first kappa shape index (κ1) is 9.34. The molecule has 1 aromatic rings. The van der Waals surface area contributed by atoms with E-state index in [0.717, 1.165) is 24.5 Å². The van der Waals surface area contributed by atoms with Crippen LogP contribution in [-0.2, 0) is 0 Å². The zero-order valence-electron chi connectivity index (χ0n) is 8.29. The van der Waals surface area contributed by atoms with Crippen LogP contribution >= 0.6 is 0 Å². The highest BCUT2D eigenvalue weighted by atomic mass is 15.0. The molecule has 0 amide bonds. The lowest BCUT2D eigenvalue weighted by atomic mass is 10.1. The van der Waals surface area contributed by atoms with Gasteiger partial charge in [0.1, 0.15) is 0 Å². The molecule has 0 aromatic heterocycles. The highest BCUT2D eigenvalue weighted by molar-refractivity contribution is 5.54. The van der Waals surface area contributed by atoms with Crippen molar-refractivity contribution in [2.45, 2.75) is 18.9 Å². The minimum Gasteiger partial charge on any atom is -0.399 e. The van der Waals surface area contributed by atoms with Gasteiger partial charge in [-0.15, -0.1) is 0 Å². The van der Waals surface area contributed by atoms with Crippen molar-refractivity contribution in [3.63, 3.8) is 0 Å². The summed E-state index contributed by atoms with van der Waals surface area (Å²) in [5, 5.41) is 6.85. The molecule has 1 fully saturated rings. The van der Waals surface area contributed by atoms with E-state index in [2.05, 4.69) is 16.7 Å². The molecule has 0 bridgehead atoms. The van der Waals surface area contributed by atoms with Crippen molar-refractivity contribution in [3.8, 4) is 0 Å². The molecule has 0 spiro atoms. The number of piperidine rings is 1. The zero-order chi connectivity index (χ0) is 9.80. The topological polar surface area (TPSA) is 50.1 Å². The summed E-state index contributed by atoms with van der Waals surface area (Å²) in [4.78, 5) is 0. The molecule has 1 saturated heterocycles. The van der Waals surface area contributed by atoms with E-state index >= 15 is 0 Å². The quantitative estimate of drug-likeness (QED) is 0.620. The molecule has 3 heteroatoms. The largest absolute Gasteiger partial charge is 0.399 e. The Labute approximate surface area is 84.7 Å². The van der Waals surface area contributed by atoms with Crippen LogP contribution < -0.4 is 16.4 Å². The molecular weight excluding hydrogens is 174 g/mol. The van der Waals surface area contributed by atoms with Crippen molar-refractivity contribution < 1.29 is 0 Å². The Kier molecular flexibility index (Phi) is 2.89. The van der Waals surface area contributed by atoms with Crippen LogP contribution in [0.4, 0.5) is 11.4 Å². The van der Waals surface area contributed by atoms with Crippen LogP contribution in [0.3, 0.4) is 0 Å². The fraction of sp³-hybridized carbons (Fsp3) is 0.455. The van der Waals surface area contributed by atoms with Crippen molar-refractivity contribution in [2.24, 2.45) is 0 Å². The second kappa shape index (κ2) is 4.33. The summed E-state index contributed by atoms with van der Waals surface area (Å²) in [6.45, 7) is 2.22. The summed E-state index contributed by atoms with van der Waals surface area (Å²) in [6.07, 6.45) is 2.38. The maximum atomic E-state index is 5.71. The summed E-state index contributed by atoms with van der Waals surface area (Å²) in [7, 11) is 0. The van der Waals surface area contributed by atoms with Gasteiger partial charge in [0, 0.05) is 17.4 Å². The lowest BCUT2D eigenvalue weighted by Crippen LogP contribution is -2.35. The van der Waals surface area contributed by atoms with Crippen molar-refractivity contribution in [1.82, 2.24) is 5.32 Å². The second-order valence-electron chi connectivity index (χ2n) is 3.79. The van der Waals surface area contributed by atoms with Crippen molar-refractivity contribution in [3.05, 3.63) is 24.3 Å². The molecule has 1 aromatic carbocycles. The van der Waals surface area contributed by atoms with Crippen molar-refractivity contribution in [1.29, 1.82) is 0 Å². The fourth-order valence-corrected chi connectivity index (χ4v) is 1.83. The molecule has 0 unspecified atom stereocenters. The molecule has 0 saturated carbocycles. The first-order chi connectivity index (χ1) is 6.84. The average Bonchev–Trinajstić information content (AvgIpc) is 2.19. The molecule has 0 aliphatic carbocycles. The van der Waals surface area contributed by atoms with E-state index in [1.54, 1.807) is 0 Å². The zero-order valence-corrected chi connectivity index (χ0v) is 8.29. The van der Waals surface area contributed by atoms with Gasteiger partial charge < -0.3 is 16.4 Å². The van der Waals surface area contributed by atoms with Crippen LogP contribution in [0.5, 0.6) is 0 Å². The van der Waals surface area contributed by atoms with Gasteiger partial charge in [-0.1, -0.05) is 6.07 Å². The van der Waals surface area contributed by atoms with Gasteiger partial charge in [-0.3, -0.25) is 0 Å². The molecule has 2 rings (SSSR count). The lowest BCUT2D eigenvalue weighted by molar-refractivity contribution is 0.479.